The highest BCUT2D eigenvalue weighted by molar-refractivity contribution is 5.94. The minimum Gasteiger partial charge on any atom is -0.466 e. The quantitative estimate of drug-likeness (QED) is 0.850. The van der Waals surface area contributed by atoms with E-state index >= 15 is 0 Å². The predicted molar refractivity (Wildman–Crippen MR) is 65.6 cm³/mol. The normalized spacial score (nSPS) is 11.6. The first-order valence-electron chi connectivity index (χ1n) is 5.59. The lowest BCUT2D eigenvalue weighted by Gasteiger charge is -2.21. The van der Waals surface area contributed by atoms with E-state index in [0.717, 1.165) is 0 Å². The van der Waals surface area contributed by atoms with Crippen LogP contribution in [-0.4, -0.2) is 17.9 Å². The minimum atomic E-state index is -0.812. The monoisotopic (exact) mass is 258 g/mol. The molecule has 5 heteroatoms. The van der Waals surface area contributed by atoms with Crippen LogP contribution in [0, 0.1) is 17.1 Å². The zero-order chi connectivity index (χ0) is 13.8. The molecule has 0 fully saturated rings. The Morgan fingerprint density at radius 3 is 2.58 bits per heavy atom. The van der Waals surface area contributed by atoms with Gasteiger partial charge in [-0.2, -0.15) is 5.26 Å². The van der Waals surface area contributed by atoms with E-state index in [1.807, 2.05) is 6.07 Å². The van der Waals surface area contributed by atoms with Crippen molar-refractivity contribution in [3.05, 3.63) is 59.8 Å². The van der Waals surface area contributed by atoms with Crippen molar-refractivity contribution in [3.8, 4) is 6.07 Å². The van der Waals surface area contributed by atoms with Crippen LogP contribution in [0.25, 0.3) is 0 Å². The van der Waals surface area contributed by atoms with Gasteiger partial charge in [-0.05, 0) is 36.4 Å². The highest BCUT2D eigenvalue weighted by Gasteiger charge is 2.24. The first-order valence-corrected chi connectivity index (χ1v) is 5.59. The van der Waals surface area contributed by atoms with Crippen LogP contribution < -0.4 is 0 Å². The first kappa shape index (κ1) is 12.8. The minimum absolute atomic E-state index is 0.315. The maximum atomic E-state index is 12.8. The van der Waals surface area contributed by atoms with Crippen molar-refractivity contribution in [1.29, 1.82) is 5.26 Å². The molecular weight excluding hydrogens is 247 g/mol. The zero-order valence-electron chi connectivity index (χ0n) is 10.2. The fraction of sp³-hybridized carbons (Fsp3) is 0.143. The first-order chi connectivity index (χ1) is 9.13. The van der Waals surface area contributed by atoms with Crippen molar-refractivity contribution in [2.75, 3.05) is 7.05 Å². The van der Waals surface area contributed by atoms with Gasteiger partial charge in [0.05, 0.1) is 12.3 Å². The van der Waals surface area contributed by atoms with E-state index in [1.165, 1.54) is 42.5 Å². The maximum Gasteiger partial charge on any atom is 0.255 e. The summed E-state index contributed by atoms with van der Waals surface area (Å²) >= 11 is 0. The molecule has 1 atom stereocenters. The Kier molecular flexibility index (Phi) is 3.62. The number of nitrogens with zero attached hydrogens (tertiary/aromatic N) is 2. The third-order valence-electron chi connectivity index (χ3n) is 2.73. The van der Waals surface area contributed by atoms with Gasteiger partial charge < -0.3 is 9.32 Å². The van der Waals surface area contributed by atoms with E-state index in [0.29, 0.717) is 11.3 Å². The molecule has 0 aliphatic rings. The van der Waals surface area contributed by atoms with Crippen LogP contribution in [0.1, 0.15) is 22.2 Å². The second-order valence-electron chi connectivity index (χ2n) is 3.97. The third-order valence-corrected chi connectivity index (χ3v) is 2.73. The number of carbonyl (C=O) groups is 1. The van der Waals surface area contributed by atoms with E-state index in [2.05, 4.69) is 0 Å². The molecule has 4 nitrogen and oxygen atoms in total. The van der Waals surface area contributed by atoms with Crippen molar-refractivity contribution in [2.45, 2.75) is 6.04 Å². The van der Waals surface area contributed by atoms with E-state index in [-0.39, 0.29) is 5.91 Å². The Balaban J connectivity index is 2.23. The molecule has 96 valence electrons. The van der Waals surface area contributed by atoms with Crippen LogP contribution in [0.5, 0.6) is 0 Å². The largest absolute Gasteiger partial charge is 0.466 e. The van der Waals surface area contributed by atoms with Gasteiger partial charge in [0.15, 0.2) is 6.04 Å². The van der Waals surface area contributed by atoms with Crippen molar-refractivity contribution in [1.82, 2.24) is 4.90 Å². The summed E-state index contributed by atoms with van der Waals surface area (Å²) in [6, 6.07) is 9.63. The number of hydrogen-bond donors (Lipinski definition) is 0. The molecule has 1 aromatic heterocycles. The number of nitriles is 1. The molecule has 1 unspecified atom stereocenters. The van der Waals surface area contributed by atoms with Gasteiger partial charge >= 0.3 is 0 Å². The summed E-state index contributed by atoms with van der Waals surface area (Å²) in [5, 5.41) is 9.14. The van der Waals surface area contributed by atoms with Gasteiger partial charge in [0.1, 0.15) is 11.6 Å². The van der Waals surface area contributed by atoms with Gasteiger partial charge in [-0.3, -0.25) is 4.79 Å². The molecule has 0 radical (unpaired) electrons. The lowest BCUT2D eigenvalue weighted by Crippen LogP contribution is -2.30. The SMILES string of the molecule is CN(C(=O)c1ccc(F)cc1)C(C#N)c1ccco1. The number of carbonyl (C=O) groups excluding carboxylic acids is 1. The van der Waals surface area contributed by atoms with Gasteiger partial charge in [-0.1, -0.05) is 0 Å². The van der Waals surface area contributed by atoms with E-state index in [4.69, 9.17) is 9.68 Å². The van der Waals surface area contributed by atoms with E-state index < -0.39 is 11.9 Å². The zero-order valence-corrected chi connectivity index (χ0v) is 10.2. The van der Waals surface area contributed by atoms with Crippen molar-refractivity contribution < 1.29 is 13.6 Å². The summed E-state index contributed by atoms with van der Waals surface area (Å²) in [6.07, 6.45) is 1.44. The molecule has 0 aliphatic heterocycles. The smallest absolute Gasteiger partial charge is 0.255 e. The average molecular weight is 258 g/mol. The fourth-order valence-electron chi connectivity index (χ4n) is 1.70. The van der Waals surface area contributed by atoms with E-state index in [9.17, 15) is 9.18 Å². The third kappa shape index (κ3) is 2.63. The summed E-state index contributed by atoms with van der Waals surface area (Å²) in [4.78, 5) is 13.4. The van der Waals surface area contributed by atoms with Gasteiger partial charge in [0, 0.05) is 12.6 Å². The summed E-state index contributed by atoms with van der Waals surface area (Å²) < 4.78 is 17.9. The number of furan rings is 1. The lowest BCUT2D eigenvalue weighted by atomic mass is 10.1. The van der Waals surface area contributed by atoms with Gasteiger partial charge in [-0.25, -0.2) is 4.39 Å². The topological polar surface area (TPSA) is 57.2 Å². The van der Waals surface area contributed by atoms with Crippen molar-refractivity contribution in [3.63, 3.8) is 0 Å². The van der Waals surface area contributed by atoms with Crippen LogP contribution in [0.15, 0.2) is 47.1 Å². The molecule has 19 heavy (non-hydrogen) atoms. The van der Waals surface area contributed by atoms with Crippen molar-refractivity contribution >= 4 is 5.91 Å². The molecule has 1 aromatic carbocycles. The average Bonchev–Trinajstić information content (AvgIpc) is 2.93. The Bertz CT molecular complexity index is 599. The van der Waals surface area contributed by atoms with Crippen LogP contribution in [0.3, 0.4) is 0 Å². The Morgan fingerprint density at radius 1 is 1.37 bits per heavy atom. The second kappa shape index (κ2) is 5.36. The number of hydrogen-bond acceptors (Lipinski definition) is 3. The Labute approximate surface area is 109 Å². The molecule has 1 amide bonds. The summed E-state index contributed by atoms with van der Waals surface area (Å²) in [6.45, 7) is 0. The van der Waals surface area contributed by atoms with E-state index in [1.54, 1.807) is 12.1 Å². The molecule has 2 aromatic rings. The maximum absolute atomic E-state index is 12.8. The molecule has 2 rings (SSSR count). The Hall–Kier alpha value is -2.61. The molecule has 0 spiro atoms. The molecule has 0 bridgehead atoms. The van der Waals surface area contributed by atoms with Crippen LogP contribution in [-0.2, 0) is 0 Å². The van der Waals surface area contributed by atoms with Gasteiger partial charge in [-0.15, -0.1) is 0 Å². The highest BCUT2D eigenvalue weighted by atomic mass is 19.1. The summed E-state index contributed by atoms with van der Waals surface area (Å²) in [5.74, 6) is -0.398. The number of halogens is 1. The molecule has 0 N–H and O–H groups in total. The molecule has 0 saturated heterocycles. The van der Waals surface area contributed by atoms with Gasteiger partial charge in [0.25, 0.3) is 5.91 Å². The van der Waals surface area contributed by atoms with Crippen LogP contribution in [0.2, 0.25) is 0 Å². The molecule has 1 heterocycles. The summed E-state index contributed by atoms with van der Waals surface area (Å²) in [5.41, 5.74) is 0.315. The highest BCUT2D eigenvalue weighted by Crippen LogP contribution is 2.21. The lowest BCUT2D eigenvalue weighted by molar-refractivity contribution is 0.0750. The predicted octanol–water partition coefficient (Wildman–Crippen LogP) is 2.76. The molecular formula is C14H11FN2O2. The van der Waals surface area contributed by atoms with Crippen LogP contribution >= 0.6 is 0 Å². The number of amides is 1. The Morgan fingerprint density at radius 2 is 2.05 bits per heavy atom. The van der Waals surface area contributed by atoms with Crippen molar-refractivity contribution in [2.24, 2.45) is 0 Å². The van der Waals surface area contributed by atoms with Crippen LogP contribution in [0.4, 0.5) is 4.39 Å². The number of rotatable bonds is 3. The van der Waals surface area contributed by atoms with Gasteiger partial charge in [0.2, 0.25) is 0 Å². The standard InChI is InChI=1S/C14H11FN2O2/c1-17(12(9-16)13-3-2-8-19-13)14(18)10-4-6-11(15)7-5-10/h2-8,12H,1H3. The second-order valence-corrected chi connectivity index (χ2v) is 3.97. The fourth-order valence-corrected chi connectivity index (χ4v) is 1.70. The molecule has 0 saturated carbocycles. The number of benzene rings is 1. The molecule has 0 aliphatic carbocycles. The summed E-state index contributed by atoms with van der Waals surface area (Å²) in [7, 11) is 1.50.